The van der Waals surface area contributed by atoms with E-state index in [4.69, 9.17) is 0 Å². The molecule has 3 amide bonds. The number of hydrogen-bond donors (Lipinski definition) is 1. The molecule has 2 aromatic rings. The average Bonchev–Trinajstić information content (AvgIpc) is 3.63. The zero-order chi connectivity index (χ0) is 23.6. The molecule has 0 spiro atoms. The van der Waals surface area contributed by atoms with Crippen LogP contribution in [0.25, 0.3) is 0 Å². The minimum atomic E-state index is -0.878. The summed E-state index contributed by atoms with van der Waals surface area (Å²) in [5, 5.41) is 3.04. The lowest BCUT2D eigenvalue weighted by Crippen LogP contribution is -2.49. The van der Waals surface area contributed by atoms with Gasteiger partial charge in [0.05, 0.1) is 11.8 Å². The molecule has 0 radical (unpaired) electrons. The third-order valence-electron chi connectivity index (χ3n) is 8.29. The number of allylic oxidation sites excluding steroid dienone is 2. The van der Waals surface area contributed by atoms with E-state index in [-0.39, 0.29) is 41.4 Å². The quantitative estimate of drug-likeness (QED) is 0.448. The van der Waals surface area contributed by atoms with Crippen LogP contribution in [0.15, 0.2) is 65.2 Å². The van der Waals surface area contributed by atoms with Crippen LogP contribution in [0.2, 0.25) is 0 Å². The van der Waals surface area contributed by atoms with Gasteiger partial charge in [0.2, 0.25) is 17.7 Å². The van der Waals surface area contributed by atoms with Crippen molar-refractivity contribution in [1.82, 2.24) is 4.90 Å². The van der Waals surface area contributed by atoms with Crippen molar-refractivity contribution in [1.29, 1.82) is 0 Å². The Balaban J connectivity index is 1.34. The number of nitrogens with one attached hydrogen (secondary N) is 1. The standard InChI is InChI=1S/C28H27BrN2O3/c1-2-16-13-17(29)8-11-22(16)30-26(32)23(12-15-6-4-3-5-7-15)31-27(33)24-18-9-10-19(21-14-20(18)21)25(24)28(31)34/h3-11,13,18-21,23-25H,2,12,14H2,1H3,(H,30,32)/t18-,19-,20-,21-,23-,24+,25+/m0/s1. The molecule has 7 rings (SSSR count). The Morgan fingerprint density at radius 2 is 1.68 bits per heavy atom. The fourth-order valence-corrected chi connectivity index (χ4v) is 7.03. The highest BCUT2D eigenvalue weighted by atomic mass is 79.9. The maximum atomic E-state index is 13.7. The van der Waals surface area contributed by atoms with Gasteiger partial charge in [0, 0.05) is 16.6 Å². The first kappa shape index (κ1) is 21.8. The lowest BCUT2D eigenvalue weighted by atomic mass is 9.63. The summed E-state index contributed by atoms with van der Waals surface area (Å²) in [6.07, 6.45) is 6.50. The number of nitrogens with zero attached hydrogens (tertiary/aromatic N) is 1. The van der Waals surface area contributed by atoms with Crippen LogP contribution in [0.5, 0.6) is 0 Å². The van der Waals surface area contributed by atoms with Crippen LogP contribution in [0.4, 0.5) is 5.69 Å². The summed E-state index contributed by atoms with van der Waals surface area (Å²) in [6, 6.07) is 14.5. The van der Waals surface area contributed by atoms with Crippen LogP contribution in [0, 0.1) is 35.5 Å². The van der Waals surface area contributed by atoms with E-state index in [1.807, 2.05) is 55.5 Å². The van der Waals surface area contributed by atoms with Gasteiger partial charge in [-0.15, -0.1) is 0 Å². The lowest BCUT2D eigenvalue weighted by molar-refractivity contribution is -0.146. The van der Waals surface area contributed by atoms with Crippen LogP contribution in [-0.2, 0) is 27.2 Å². The van der Waals surface area contributed by atoms with Crippen LogP contribution in [-0.4, -0.2) is 28.7 Å². The lowest BCUT2D eigenvalue weighted by Gasteiger charge is -2.37. The topological polar surface area (TPSA) is 66.5 Å². The molecule has 34 heavy (non-hydrogen) atoms. The number of benzene rings is 2. The van der Waals surface area contributed by atoms with Gasteiger partial charge < -0.3 is 5.32 Å². The smallest absolute Gasteiger partial charge is 0.248 e. The van der Waals surface area contributed by atoms with E-state index in [0.29, 0.717) is 23.9 Å². The largest absolute Gasteiger partial charge is 0.324 e. The average molecular weight is 519 g/mol. The molecule has 1 heterocycles. The van der Waals surface area contributed by atoms with E-state index in [1.165, 1.54) is 4.90 Å². The van der Waals surface area contributed by atoms with Gasteiger partial charge in [-0.2, -0.15) is 0 Å². The Morgan fingerprint density at radius 3 is 2.29 bits per heavy atom. The van der Waals surface area contributed by atoms with Gasteiger partial charge in [-0.05, 0) is 65.8 Å². The highest BCUT2D eigenvalue weighted by Gasteiger charge is 2.67. The van der Waals surface area contributed by atoms with Gasteiger partial charge in [-0.1, -0.05) is 65.3 Å². The minimum Gasteiger partial charge on any atom is -0.324 e. The number of halogens is 1. The molecule has 0 unspecified atom stereocenters. The number of carbonyl (C=O) groups is 3. The number of hydrogen-bond acceptors (Lipinski definition) is 3. The van der Waals surface area contributed by atoms with Crippen LogP contribution in [0.3, 0.4) is 0 Å². The van der Waals surface area contributed by atoms with Gasteiger partial charge >= 0.3 is 0 Å². The van der Waals surface area contributed by atoms with E-state index < -0.39 is 6.04 Å². The van der Waals surface area contributed by atoms with Crippen molar-refractivity contribution in [3.05, 3.63) is 76.3 Å². The molecule has 2 saturated carbocycles. The predicted octanol–water partition coefficient (Wildman–Crippen LogP) is 4.61. The first-order valence-electron chi connectivity index (χ1n) is 12.2. The minimum absolute atomic E-state index is 0.139. The molecule has 174 valence electrons. The molecule has 3 fully saturated rings. The molecule has 1 aliphatic heterocycles. The highest BCUT2D eigenvalue weighted by Crippen LogP contribution is 2.65. The molecule has 5 nitrogen and oxygen atoms in total. The van der Waals surface area contributed by atoms with Crippen molar-refractivity contribution in [2.45, 2.75) is 32.2 Å². The molecular formula is C28H27BrN2O3. The molecule has 2 bridgehead atoms. The summed E-state index contributed by atoms with van der Waals surface area (Å²) in [6.45, 7) is 2.03. The molecule has 1 saturated heterocycles. The van der Waals surface area contributed by atoms with Gasteiger partial charge in [0.25, 0.3) is 0 Å². The van der Waals surface area contributed by atoms with Crippen LogP contribution in [0.1, 0.15) is 24.5 Å². The Morgan fingerprint density at radius 1 is 1.03 bits per heavy atom. The van der Waals surface area contributed by atoms with Gasteiger partial charge in [-0.25, -0.2) is 0 Å². The molecule has 5 aliphatic rings. The first-order valence-corrected chi connectivity index (χ1v) is 13.0. The van der Waals surface area contributed by atoms with Crippen molar-refractivity contribution < 1.29 is 14.4 Å². The Labute approximate surface area is 207 Å². The van der Waals surface area contributed by atoms with E-state index >= 15 is 0 Å². The van der Waals surface area contributed by atoms with E-state index in [1.54, 1.807) is 0 Å². The number of likely N-dealkylation sites (tertiary alicyclic amines) is 1. The summed E-state index contributed by atoms with van der Waals surface area (Å²) in [7, 11) is 0. The Hall–Kier alpha value is -2.73. The number of anilines is 1. The maximum absolute atomic E-state index is 13.7. The van der Waals surface area contributed by atoms with Crippen LogP contribution < -0.4 is 5.32 Å². The normalized spacial score (nSPS) is 31.3. The van der Waals surface area contributed by atoms with E-state index in [9.17, 15) is 14.4 Å². The first-order chi connectivity index (χ1) is 16.5. The van der Waals surface area contributed by atoms with Crippen molar-refractivity contribution >= 4 is 39.3 Å². The van der Waals surface area contributed by atoms with Gasteiger partial charge in [0.15, 0.2) is 0 Å². The van der Waals surface area contributed by atoms with E-state index in [0.717, 1.165) is 28.4 Å². The molecular weight excluding hydrogens is 492 g/mol. The van der Waals surface area contributed by atoms with Gasteiger partial charge in [-0.3, -0.25) is 19.3 Å². The Kier molecular flexibility index (Phi) is 5.25. The second kappa shape index (κ2) is 8.19. The van der Waals surface area contributed by atoms with E-state index in [2.05, 4.69) is 33.4 Å². The number of amides is 3. The summed E-state index contributed by atoms with van der Waals surface area (Å²) < 4.78 is 0.943. The molecule has 1 N–H and O–H groups in total. The number of aryl methyl sites for hydroxylation is 1. The third kappa shape index (κ3) is 3.37. The molecule has 4 aliphatic carbocycles. The van der Waals surface area contributed by atoms with Crippen molar-refractivity contribution in [3.63, 3.8) is 0 Å². The maximum Gasteiger partial charge on any atom is 0.248 e. The van der Waals surface area contributed by atoms with Crippen molar-refractivity contribution in [2.24, 2.45) is 35.5 Å². The second-order valence-electron chi connectivity index (χ2n) is 10.1. The van der Waals surface area contributed by atoms with Crippen LogP contribution >= 0.6 is 15.9 Å². The zero-order valence-corrected chi connectivity index (χ0v) is 20.6. The van der Waals surface area contributed by atoms with Gasteiger partial charge in [0.1, 0.15) is 6.04 Å². The fourth-order valence-electron chi connectivity index (χ4n) is 6.62. The fraction of sp³-hybridized carbons (Fsp3) is 0.393. The molecule has 2 aromatic carbocycles. The monoisotopic (exact) mass is 518 g/mol. The number of rotatable bonds is 6. The summed E-state index contributed by atoms with van der Waals surface area (Å²) >= 11 is 3.49. The SMILES string of the molecule is CCc1cc(Br)ccc1NC(=O)[C@H](Cc1ccccc1)N1C(=O)[C@@H]2[C@H]3C=C[C@@H]([C@@H]4C[C@@H]34)[C@H]2C1=O. The highest BCUT2D eigenvalue weighted by molar-refractivity contribution is 9.10. The van der Waals surface area contributed by atoms with Crippen molar-refractivity contribution in [2.75, 3.05) is 5.32 Å². The third-order valence-corrected chi connectivity index (χ3v) is 8.78. The molecule has 0 aromatic heterocycles. The Bertz CT molecular complexity index is 1170. The summed E-state index contributed by atoms with van der Waals surface area (Å²) in [4.78, 5) is 42.5. The summed E-state index contributed by atoms with van der Waals surface area (Å²) in [5.41, 5.74) is 2.64. The zero-order valence-electron chi connectivity index (χ0n) is 19.0. The predicted molar refractivity (Wildman–Crippen MR) is 133 cm³/mol. The number of carbonyl (C=O) groups excluding carboxylic acids is 3. The summed E-state index contributed by atoms with van der Waals surface area (Å²) in [5.74, 6) is 0.0808. The second-order valence-corrected chi connectivity index (χ2v) is 11.0. The molecule has 6 heteroatoms. The van der Waals surface area contributed by atoms with Crippen molar-refractivity contribution in [3.8, 4) is 0 Å². The molecule has 7 atom stereocenters. The number of imide groups is 1.